The van der Waals surface area contributed by atoms with Crippen molar-refractivity contribution >= 4 is 40.2 Å². The highest BCUT2D eigenvalue weighted by molar-refractivity contribution is 14.1. The van der Waals surface area contributed by atoms with Crippen LogP contribution in [0.1, 0.15) is 43.7 Å². The second-order valence-electron chi connectivity index (χ2n) is 10.6. The summed E-state index contributed by atoms with van der Waals surface area (Å²) in [5.41, 5.74) is 10.2. The van der Waals surface area contributed by atoms with Crippen molar-refractivity contribution in [2.45, 2.75) is 55.2 Å². The number of nitrogens with two attached hydrogens (primary N) is 1. The van der Waals surface area contributed by atoms with Gasteiger partial charge in [-0.05, 0) is 43.7 Å². The Hall–Kier alpha value is -2.34. The fraction of sp³-hybridized carbons (Fsp3) is 0.483. The molecule has 0 spiro atoms. The van der Waals surface area contributed by atoms with Gasteiger partial charge in [0.25, 0.3) is 5.91 Å². The molecule has 8 nitrogen and oxygen atoms in total. The van der Waals surface area contributed by atoms with Crippen LogP contribution in [0, 0.1) is 11.3 Å². The van der Waals surface area contributed by atoms with Crippen molar-refractivity contribution in [1.29, 1.82) is 0 Å². The van der Waals surface area contributed by atoms with Crippen LogP contribution in [0.4, 0.5) is 0 Å². The van der Waals surface area contributed by atoms with Gasteiger partial charge in [0.1, 0.15) is 9.59 Å². The summed E-state index contributed by atoms with van der Waals surface area (Å²) in [7, 11) is 3.56. The zero-order valence-corrected chi connectivity index (χ0v) is 24.6. The number of hydrazine groups is 1. The summed E-state index contributed by atoms with van der Waals surface area (Å²) in [5, 5.41) is 4.47. The lowest BCUT2D eigenvalue weighted by Gasteiger charge is -2.41. The number of nitrogens with zero attached hydrogens (tertiary/aromatic N) is 1. The molecule has 1 aliphatic carbocycles. The number of ether oxygens (including phenoxy) is 1. The first-order valence-electron chi connectivity index (χ1n) is 13.0. The molecule has 4 atom stereocenters. The predicted molar refractivity (Wildman–Crippen MR) is 156 cm³/mol. The Morgan fingerprint density at radius 2 is 1.71 bits per heavy atom. The van der Waals surface area contributed by atoms with Crippen LogP contribution in [-0.4, -0.2) is 52.9 Å². The van der Waals surface area contributed by atoms with Crippen LogP contribution in [0.3, 0.4) is 0 Å². The van der Waals surface area contributed by atoms with Gasteiger partial charge in [-0.2, -0.15) is 0 Å². The van der Waals surface area contributed by atoms with Crippen LogP contribution in [-0.2, 0) is 32.1 Å². The molecule has 4 N–H and O–H groups in total. The van der Waals surface area contributed by atoms with E-state index in [9.17, 15) is 14.4 Å². The normalized spacial score (nSPS) is 21.8. The Balaban J connectivity index is 1.81. The summed E-state index contributed by atoms with van der Waals surface area (Å²) < 4.78 is 4.71. The molecular weight excluding hydrogens is 595 g/mol. The maximum Gasteiger partial charge on any atom is 0.250 e. The lowest BCUT2D eigenvalue weighted by atomic mass is 9.64. The predicted octanol–water partition coefficient (Wildman–Crippen LogP) is 3.38. The molecule has 0 bridgehead atoms. The Labute approximate surface area is 239 Å². The molecule has 9 heteroatoms. The Morgan fingerprint density at radius 1 is 1.11 bits per heavy atom. The number of hydrogen-bond donors (Lipinski definition) is 3. The highest BCUT2D eigenvalue weighted by Gasteiger charge is 2.46. The van der Waals surface area contributed by atoms with Crippen LogP contribution in [0.25, 0.3) is 0 Å². The number of benzene rings is 2. The van der Waals surface area contributed by atoms with Crippen molar-refractivity contribution in [3.63, 3.8) is 0 Å². The van der Waals surface area contributed by atoms with E-state index in [2.05, 4.69) is 10.7 Å². The van der Waals surface area contributed by atoms with Crippen molar-refractivity contribution in [2.75, 3.05) is 20.7 Å². The lowest BCUT2D eigenvalue weighted by molar-refractivity contribution is -0.141. The van der Waals surface area contributed by atoms with Crippen LogP contribution in [0.15, 0.2) is 60.7 Å². The molecule has 1 aliphatic rings. The summed E-state index contributed by atoms with van der Waals surface area (Å²) in [6.45, 7) is 1.93. The number of nitrogens with one attached hydrogen (secondary N) is 2. The van der Waals surface area contributed by atoms with Crippen LogP contribution >= 0.6 is 22.6 Å². The molecule has 2 amide bonds. The van der Waals surface area contributed by atoms with Gasteiger partial charge in [-0.3, -0.25) is 19.8 Å². The second-order valence-corrected chi connectivity index (χ2v) is 12.8. The number of alkyl halides is 1. The van der Waals surface area contributed by atoms with Crippen molar-refractivity contribution in [3.05, 3.63) is 71.8 Å². The monoisotopic (exact) mass is 634 g/mol. The number of halogens is 1. The molecule has 0 heterocycles. The first kappa shape index (κ1) is 30.2. The molecular formula is C29H39IN4O4. The van der Waals surface area contributed by atoms with Gasteiger partial charge in [-0.25, -0.2) is 5.01 Å². The zero-order chi connectivity index (χ0) is 27.8. The van der Waals surface area contributed by atoms with Gasteiger partial charge in [-0.15, -0.1) is 0 Å². The summed E-state index contributed by atoms with van der Waals surface area (Å²) >= 11 is 1.85. The van der Waals surface area contributed by atoms with Crippen LogP contribution in [0.5, 0.6) is 0 Å². The molecule has 2 aromatic rings. The molecule has 3 unspecified atom stereocenters. The maximum atomic E-state index is 13.9. The molecule has 2 aromatic carbocycles. The van der Waals surface area contributed by atoms with E-state index in [0.717, 1.165) is 17.5 Å². The van der Waals surface area contributed by atoms with Crippen molar-refractivity contribution < 1.29 is 19.1 Å². The van der Waals surface area contributed by atoms with E-state index in [1.165, 1.54) is 0 Å². The van der Waals surface area contributed by atoms with Gasteiger partial charge in [0.2, 0.25) is 5.91 Å². The highest BCUT2D eigenvalue weighted by atomic mass is 127. The average Bonchev–Trinajstić information content (AvgIpc) is 2.88. The fourth-order valence-corrected chi connectivity index (χ4v) is 5.16. The smallest absolute Gasteiger partial charge is 0.250 e. The summed E-state index contributed by atoms with van der Waals surface area (Å²) in [5.74, 6) is -1.05. The van der Waals surface area contributed by atoms with Crippen LogP contribution < -0.4 is 16.5 Å². The van der Waals surface area contributed by atoms with Gasteiger partial charge in [0.05, 0.1) is 18.6 Å². The van der Waals surface area contributed by atoms with Crippen molar-refractivity contribution in [1.82, 2.24) is 15.8 Å². The van der Waals surface area contributed by atoms with E-state index < -0.39 is 26.8 Å². The minimum atomic E-state index is -1.18. The summed E-state index contributed by atoms with van der Waals surface area (Å²) in [6.07, 6.45) is 3.00. The second kappa shape index (κ2) is 13.6. The molecule has 38 heavy (non-hydrogen) atoms. The SMILES string of the molecule is CN(C)NC(=O)[C@@]1(Cc2ccccc2)CCCC(C(=O)C(COCc2ccccc2)NC(=O)C(C)(N)I)C1. The number of amides is 2. The van der Waals surface area contributed by atoms with E-state index >= 15 is 0 Å². The molecule has 0 aromatic heterocycles. The van der Waals surface area contributed by atoms with Crippen molar-refractivity contribution in [2.24, 2.45) is 17.1 Å². The topological polar surface area (TPSA) is 114 Å². The molecule has 0 aliphatic heterocycles. The highest BCUT2D eigenvalue weighted by Crippen LogP contribution is 2.43. The first-order chi connectivity index (χ1) is 18.0. The van der Waals surface area contributed by atoms with Gasteiger partial charge < -0.3 is 15.8 Å². The molecule has 0 saturated heterocycles. The number of carbonyl (C=O) groups excluding carboxylic acids is 3. The van der Waals surface area contributed by atoms with E-state index in [-0.39, 0.29) is 18.3 Å². The third kappa shape index (κ3) is 8.59. The molecule has 1 fully saturated rings. The number of ketones is 1. The van der Waals surface area contributed by atoms with Gasteiger partial charge in [0, 0.05) is 20.0 Å². The Kier molecular flexibility index (Phi) is 10.8. The Bertz CT molecular complexity index is 1070. The molecule has 206 valence electrons. The largest absolute Gasteiger partial charge is 0.374 e. The number of Topliss-reactive ketones (excluding diaryl/α,β-unsaturated/α-hetero) is 1. The van der Waals surface area contributed by atoms with E-state index in [0.29, 0.717) is 32.3 Å². The molecule has 0 radical (unpaired) electrons. The van der Waals surface area contributed by atoms with E-state index in [1.807, 2.05) is 83.3 Å². The summed E-state index contributed by atoms with van der Waals surface area (Å²) in [6, 6.07) is 18.7. The minimum absolute atomic E-state index is 0.0261. The minimum Gasteiger partial charge on any atom is -0.374 e. The number of rotatable bonds is 12. The van der Waals surface area contributed by atoms with E-state index in [4.69, 9.17) is 10.5 Å². The van der Waals surface area contributed by atoms with E-state index in [1.54, 1.807) is 26.0 Å². The van der Waals surface area contributed by atoms with Crippen molar-refractivity contribution in [3.8, 4) is 0 Å². The zero-order valence-electron chi connectivity index (χ0n) is 22.4. The quantitative estimate of drug-likeness (QED) is 0.143. The van der Waals surface area contributed by atoms with Crippen LogP contribution in [0.2, 0.25) is 0 Å². The van der Waals surface area contributed by atoms with Gasteiger partial charge in [0.15, 0.2) is 5.78 Å². The molecule has 3 rings (SSSR count). The third-order valence-electron chi connectivity index (χ3n) is 6.93. The fourth-order valence-electron chi connectivity index (χ4n) is 5.01. The average molecular weight is 635 g/mol. The Morgan fingerprint density at radius 3 is 2.29 bits per heavy atom. The van der Waals surface area contributed by atoms with Gasteiger partial charge in [-0.1, -0.05) is 89.7 Å². The maximum absolute atomic E-state index is 13.9. The number of hydrogen-bond acceptors (Lipinski definition) is 6. The van der Waals surface area contributed by atoms with Gasteiger partial charge >= 0.3 is 0 Å². The third-order valence-corrected chi connectivity index (χ3v) is 7.42. The molecule has 1 saturated carbocycles. The standard InChI is InChI=1S/C29H39IN4O4/c1-28(30,31)26(36)32-24(20-38-19-22-13-8-5-9-14-22)25(35)23-15-10-16-29(18-23,27(37)33-34(2)3)17-21-11-6-4-7-12-21/h4-9,11-14,23-24H,10,15-20,31H2,1-3H3,(H,32,36)(H,33,37)/t23?,24?,28?,29-/m1/s1. The summed E-state index contributed by atoms with van der Waals surface area (Å²) in [4.78, 5) is 40.2. The lowest BCUT2D eigenvalue weighted by Crippen LogP contribution is -2.56. The number of carbonyl (C=O) groups is 3. The first-order valence-corrected chi connectivity index (χ1v) is 14.0.